The van der Waals surface area contributed by atoms with Gasteiger partial charge in [0.2, 0.25) is 5.91 Å². The summed E-state index contributed by atoms with van der Waals surface area (Å²) in [5.41, 5.74) is 3.39. The van der Waals surface area contributed by atoms with Gasteiger partial charge in [-0.25, -0.2) is 4.39 Å². The van der Waals surface area contributed by atoms with Crippen molar-refractivity contribution in [2.45, 2.75) is 13.1 Å². The Balaban J connectivity index is 1.35. The third kappa shape index (κ3) is 4.15. The number of pyridine rings is 1. The van der Waals surface area contributed by atoms with Crippen LogP contribution in [0.25, 0.3) is 22.5 Å². The maximum absolute atomic E-state index is 13.0. The number of carbonyl (C=O) groups excluding carboxylic acids is 1. The number of aromatic nitrogens is 3. The van der Waals surface area contributed by atoms with Crippen LogP contribution in [-0.4, -0.2) is 20.7 Å². The molecule has 3 aromatic heterocycles. The highest BCUT2D eigenvalue weighted by molar-refractivity contribution is 5.76. The molecule has 0 radical (unpaired) electrons. The predicted octanol–water partition coefficient (Wildman–Crippen LogP) is 3.66. The maximum Gasteiger partial charge on any atom is 0.241 e. The lowest BCUT2D eigenvalue weighted by Gasteiger charge is -2.06. The number of nitrogens with one attached hydrogen (secondary N) is 1. The van der Waals surface area contributed by atoms with Gasteiger partial charge in [-0.2, -0.15) is 5.10 Å². The average molecular weight is 376 g/mol. The van der Waals surface area contributed by atoms with Crippen LogP contribution >= 0.6 is 0 Å². The van der Waals surface area contributed by atoms with Gasteiger partial charge in [-0.1, -0.05) is 12.1 Å². The van der Waals surface area contributed by atoms with E-state index >= 15 is 0 Å². The number of nitrogens with zero attached hydrogens (tertiary/aromatic N) is 3. The Kier molecular flexibility index (Phi) is 4.97. The molecule has 0 fully saturated rings. The van der Waals surface area contributed by atoms with E-state index < -0.39 is 0 Å². The van der Waals surface area contributed by atoms with Crippen LogP contribution < -0.4 is 5.32 Å². The molecular weight excluding hydrogens is 359 g/mol. The Morgan fingerprint density at radius 2 is 1.93 bits per heavy atom. The van der Waals surface area contributed by atoms with Crippen molar-refractivity contribution in [1.29, 1.82) is 0 Å². The van der Waals surface area contributed by atoms with Crippen molar-refractivity contribution in [2.75, 3.05) is 0 Å². The van der Waals surface area contributed by atoms with Gasteiger partial charge in [0.1, 0.15) is 18.1 Å². The topological polar surface area (TPSA) is 73.0 Å². The summed E-state index contributed by atoms with van der Waals surface area (Å²) >= 11 is 0. The monoisotopic (exact) mass is 376 g/mol. The highest BCUT2D eigenvalue weighted by atomic mass is 19.1. The van der Waals surface area contributed by atoms with Gasteiger partial charge in [0.25, 0.3) is 0 Å². The largest absolute Gasteiger partial charge is 0.464 e. The van der Waals surface area contributed by atoms with Crippen molar-refractivity contribution < 1.29 is 13.6 Å². The van der Waals surface area contributed by atoms with Gasteiger partial charge in [-0.15, -0.1) is 0 Å². The van der Waals surface area contributed by atoms with Gasteiger partial charge >= 0.3 is 0 Å². The molecule has 4 aromatic rings. The summed E-state index contributed by atoms with van der Waals surface area (Å²) in [6.45, 7) is 0.443. The summed E-state index contributed by atoms with van der Waals surface area (Å²) in [5, 5.41) is 7.05. The summed E-state index contributed by atoms with van der Waals surface area (Å²) in [4.78, 5) is 16.4. The maximum atomic E-state index is 13.0. The van der Waals surface area contributed by atoms with Crippen molar-refractivity contribution in [3.8, 4) is 22.5 Å². The van der Waals surface area contributed by atoms with E-state index in [-0.39, 0.29) is 18.3 Å². The zero-order valence-electron chi connectivity index (χ0n) is 14.9. The van der Waals surface area contributed by atoms with Crippen LogP contribution in [0.5, 0.6) is 0 Å². The van der Waals surface area contributed by atoms with Crippen molar-refractivity contribution >= 4 is 5.91 Å². The number of hydrogen-bond acceptors (Lipinski definition) is 4. The molecule has 0 unspecified atom stereocenters. The predicted molar refractivity (Wildman–Crippen MR) is 101 cm³/mol. The summed E-state index contributed by atoms with van der Waals surface area (Å²) in [7, 11) is 0. The second-order valence-corrected chi connectivity index (χ2v) is 6.27. The van der Waals surface area contributed by atoms with E-state index in [1.807, 2.05) is 18.2 Å². The molecule has 0 atom stereocenters. The molecule has 3 heterocycles. The first-order valence-corrected chi connectivity index (χ1v) is 8.70. The minimum atomic E-state index is -0.291. The van der Waals surface area contributed by atoms with Gasteiger partial charge in [0.15, 0.2) is 0 Å². The van der Waals surface area contributed by atoms with Crippen LogP contribution in [0.1, 0.15) is 5.56 Å². The number of hydrogen-bond donors (Lipinski definition) is 1. The first kappa shape index (κ1) is 17.7. The lowest BCUT2D eigenvalue weighted by molar-refractivity contribution is -0.122. The zero-order valence-corrected chi connectivity index (χ0v) is 14.9. The number of halogens is 1. The smallest absolute Gasteiger partial charge is 0.241 e. The third-order valence-corrected chi connectivity index (χ3v) is 4.21. The van der Waals surface area contributed by atoms with Gasteiger partial charge in [-0.3, -0.25) is 14.5 Å². The second kappa shape index (κ2) is 7.87. The minimum absolute atomic E-state index is 0.0898. The van der Waals surface area contributed by atoms with Crippen molar-refractivity contribution in [2.24, 2.45) is 0 Å². The molecule has 0 bridgehead atoms. The summed E-state index contributed by atoms with van der Waals surface area (Å²) < 4.78 is 19.9. The molecule has 4 rings (SSSR count). The molecule has 6 nitrogen and oxygen atoms in total. The Morgan fingerprint density at radius 1 is 1.07 bits per heavy atom. The highest BCUT2D eigenvalue weighted by Crippen LogP contribution is 2.20. The van der Waals surface area contributed by atoms with Crippen molar-refractivity contribution in [3.63, 3.8) is 0 Å². The van der Waals surface area contributed by atoms with Crippen LogP contribution in [-0.2, 0) is 17.9 Å². The Bertz CT molecular complexity index is 1070. The average Bonchev–Trinajstić information content (AvgIpc) is 3.40. The Labute approximate surface area is 160 Å². The van der Waals surface area contributed by atoms with E-state index in [9.17, 15) is 9.18 Å². The zero-order chi connectivity index (χ0) is 19.3. The SMILES string of the molecule is O=C(Cn1cc(-c2ccc(F)cc2)cn1)NCc1cncc(-c2ccco2)c1. The Hall–Kier alpha value is -3.74. The molecule has 1 N–H and O–H groups in total. The lowest BCUT2D eigenvalue weighted by Crippen LogP contribution is -2.27. The molecular formula is C21H17FN4O2. The van der Waals surface area contributed by atoms with Gasteiger partial charge < -0.3 is 9.73 Å². The van der Waals surface area contributed by atoms with E-state index in [0.717, 1.165) is 28.0 Å². The van der Waals surface area contributed by atoms with E-state index in [0.29, 0.717) is 6.54 Å². The molecule has 28 heavy (non-hydrogen) atoms. The van der Waals surface area contributed by atoms with E-state index in [4.69, 9.17) is 4.42 Å². The highest BCUT2D eigenvalue weighted by Gasteiger charge is 2.08. The van der Waals surface area contributed by atoms with Gasteiger partial charge in [0.05, 0.1) is 12.5 Å². The van der Waals surface area contributed by atoms with Crippen LogP contribution in [0.15, 0.2) is 77.9 Å². The summed E-state index contributed by atoms with van der Waals surface area (Å²) in [5.74, 6) is 0.267. The molecule has 0 aliphatic rings. The number of carbonyl (C=O) groups is 1. The second-order valence-electron chi connectivity index (χ2n) is 6.27. The molecule has 0 aliphatic carbocycles. The summed E-state index contributed by atoms with van der Waals surface area (Å²) in [6.07, 6.45) is 8.43. The molecule has 0 aliphatic heterocycles. The number of rotatable bonds is 6. The normalized spacial score (nSPS) is 10.8. The molecule has 140 valence electrons. The third-order valence-electron chi connectivity index (χ3n) is 4.21. The van der Waals surface area contributed by atoms with Crippen LogP contribution in [0.2, 0.25) is 0 Å². The first-order chi connectivity index (χ1) is 13.7. The Morgan fingerprint density at radius 3 is 2.71 bits per heavy atom. The van der Waals surface area contributed by atoms with Crippen LogP contribution in [0.3, 0.4) is 0 Å². The molecule has 0 spiro atoms. The van der Waals surface area contributed by atoms with Crippen LogP contribution in [0.4, 0.5) is 4.39 Å². The number of furan rings is 1. The fourth-order valence-corrected chi connectivity index (χ4v) is 2.81. The van der Waals surface area contributed by atoms with Crippen LogP contribution in [0, 0.1) is 5.82 Å². The number of benzene rings is 1. The van der Waals surface area contributed by atoms with E-state index in [2.05, 4.69) is 15.4 Å². The van der Waals surface area contributed by atoms with Gasteiger partial charge in [-0.05, 0) is 41.5 Å². The molecule has 7 heteroatoms. The first-order valence-electron chi connectivity index (χ1n) is 8.70. The minimum Gasteiger partial charge on any atom is -0.464 e. The summed E-state index contributed by atoms with van der Waals surface area (Å²) in [6, 6.07) is 11.7. The lowest BCUT2D eigenvalue weighted by atomic mass is 10.1. The fraction of sp³-hybridized carbons (Fsp3) is 0.0952. The molecule has 0 saturated carbocycles. The molecule has 1 aromatic carbocycles. The van der Waals surface area contributed by atoms with E-state index in [1.54, 1.807) is 47.9 Å². The standard InChI is InChI=1S/C21H17FN4O2/c22-19-5-3-16(4-6-19)18-12-25-26(13-18)14-21(27)24-10-15-8-17(11-23-9-15)20-2-1-7-28-20/h1-9,11-13H,10,14H2,(H,24,27). The molecule has 1 amide bonds. The molecule has 0 saturated heterocycles. The fourth-order valence-electron chi connectivity index (χ4n) is 2.81. The number of amides is 1. The van der Waals surface area contributed by atoms with E-state index in [1.165, 1.54) is 12.1 Å². The van der Waals surface area contributed by atoms with Gasteiger partial charge in [0, 0.05) is 36.3 Å². The quantitative estimate of drug-likeness (QED) is 0.557. The van der Waals surface area contributed by atoms with Crippen molar-refractivity contribution in [3.05, 3.63) is 84.9 Å². The van der Waals surface area contributed by atoms with Crippen molar-refractivity contribution in [1.82, 2.24) is 20.1 Å².